The van der Waals surface area contributed by atoms with Gasteiger partial charge < -0.3 is 15.1 Å². The molecular formula is C14H18N2O4. The lowest BCUT2D eigenvalue weighted by Crippen LogP contribution is -2.36. The van der Waals surface area contributed by atoms with Gasteiger partial charge in [-0.2, -0.15) is 0 Å². The molecule has 2 rings (SSSR count). The molecule has 0 saturated carbocycles. The first-order chi connectivity index (χ1) is 9.48. The molecule has 0 spiro atoms. The van der Waals surface area contributed by atoms with Gasteiger partial charge in [0.1, 0.15) is 5.75 Å². The molecule has 20 heavy (non-hydrogen) atoms. The van der Waals surface area contributed by atoms with Crippen LogP contribution in [0.4, 0.5) is 0 Å². The molecule has 1 atom stereocenters. The molecule has 0 aromatic carbocycles. The standard InChI is InChI=1S/C14H18N2O4/c1-2-3-14(13(19)20)4-5-16(9-14)12(18)10-6-11(17)8-15-7-10/h6-8,17H,2-5,9H2,1H3,(H,19,20). The predicted octanol–water partition coefficient (Wildman–Crippen LogP) is 1.50. The molecular weight excluding hydrogens is 260 g/mol. The summed E-state index contributed by atoms with van der Waals surface area (Å²) in [5, 5.41) is 18.8. The first-order valence-electron chi connectivity index (χ1n) is 6.65. The maximum atomic E-state index is 12.3. The molecule has 1 fully saturated rings. The molecule has 2 heterocycles. The number of carbonyl (C=O) groups is 2. The zero-order valence-electron chi connectivity index (χ0n) is 11.4. The van der Waals surface area contributed by atoms with Crippen molar-refractivity contribution in [1.82, 2.24) is 9.88 Å². The van der Waals surface area contributed by atoms with Crippen LogP contribution in [0, 0.1) is 5.41 Å². The van der Waals surface area contributed by atoms with Crippen LogP contribution in [-0.4, -0.2) is 45.1 Å². The van der Waals surface area contributed by atoms with Crippen molar-refractivity contribution >= 4 is 11.9 Å². The van der Waals surface area contributed by atoms with Gasteiger partial charge in [-0.05, 0) is 18.9 Å². The maximum Gasteiger partial charge on any atom is 0.311 e. The highest BCUT2D eigenvalue weighted by Crippen LogP contribution is 2.36. The quantitative estimate of drug-likeness (QED) is 0.871. The number of carboxylic acid groups (broad SMARTS) is 1. The van der Waals surface area contributed by atoms with Crippen molar-refractivity contribution in [3.05, 3.63) is 24.0 Å². The first-order valence-corrected chi connectivity index (χ1v) is 6.65. The van der Waals surface area contributed by atoms with Gasteiger partial charge in [-0.3, -0.25) is 14.6 Å². The zero-order valence-corrected chi connectivity index (χ0v) is 11.4. The van der Waals surface area contributed by atoms with Gasteiger partial charge in [0.25, 0.3) is 5.91 Å². The highest BCUT2D eigenvalue weighted by molar-refractivity contribution is 5.95. The number of hydrogen-bond donors (Lipinski definition) is 2. The third-order valence-corrected chi connectivity index (χ3v) is 3.79. The Kier molecular flexibility index (Phi) is 3.92. The molecule has 1 aromatic heterocycles. The van der Waals surface area contributed by atoms with Gasteiger partial charge in [0.2, 0.25) is 0 Å². The summed E-state index contributed by atoms with van der Waals surface area (Å²) in [7, 11) is 0. The second-order valence-corrected chi connectivity index (χ2v) is 5.24. The molecule has 2 N–H and O–H groups in total. The minimum atomic E-state index is -0.844. The Labute approximate surface area is 117 Å². The van der Waals surface area contributed by atoms with Gasteiger partial charge in [-0.25, -0.2) is 0 Å². The number of likely N-dealkylation sites (tertiary alicyclic amines) is 1. The SMILES string of the molecule is CCCC1(C(=O)O)CCN(C(=O)c2cncc(O)c2)C1. The van der Waals surface area contributed by atoms with Crippen molar-refractivity contribution in [2.24, 2.45) is 5.41 Å². The molecule has 0 aliphatic carbocycles. The number of carboxylic acids is 1. The van der Waals surface area contributed by atoms with Crippen LogP contribution in [0.15, 0.2) is 18.5 Å². The molecule has 6 heteroatoms. The smallest absolute Gasteiger partial charge is 0.311 e. The minimum Gasteiger partial charge on any atom is -0.506 e. The van der Waals surface area contributed by atoms with Crippen molar-refractivity contribution in [3.8, 4) is 5.75 Å². The van der Waals surface area contributed by atoms with Crippen LogP contribution < -0.4 is 0 Å². The summed E-state index contributed by atoms with van der Waals surface area (Å²) in [6.45, 7) is 2.57. The number of aromatic nitrogens is 1. The second kappa shape index (κ2) is 5.48. The van der Waals surface area contributed by atoms with E-state index >= 15 is 0 Å². The Morgan fingerprint density at radius 2 is 2.20 bits per heavy atom. The van der Waals surface area contributed by atoms with E-state index in [0.29, 0.717) is 19.4 Å². The lowest BCUT2D eigenvalue weighted by Gasteiger charge is -2.24. The molecule has 1 amide bonds. The molecule has 0 radical (unpaired) electrons. The number of rotatable bonds is 4. The Morgan fingerprint density at radius 1 is 1.45 bits per heavy atom. The lowest BCUT2D eigenvalue weighted by atomic mass is 9.83. The number of nitrogens with zero attached hydrogens (tertiary/aromatic N) is 2. The third-order valence-electron chi connectivity index (χ3n) is 3.79. The van der Waals surface area contributed by atoms with Crippen molar-refractivity contribution in [2.75, 3.05) is 13.1 Å². The normalized spacial score (nSPS) is 21.9. The lowest BCUT2D eigenvalue weighted by molar-refractivity contribution is -0.148. The van der Waals surface area contributed by atoms with Crippen LogP contribution in [0.1, 0.15) is 36.5 Å². The van der Waals surface area contributed by atoms with E-state index in [-0.39, 0.29) is 23.8 Å². The fourth-order valence-electron chi connectivity index (χ4n) is 2.74. The van der Waals surface area contributed by atoms with Crippen LogP contribution in [-0.2, 0) is 4.79 Å². The number of amides is 1. The summed E-state index contributed by atoms with van der Waals surface area (Å²) >= 11 is 0. The summed E-state index contributed by atoms with van der Waals surface area (Å²) in [6.07, 6.45) is 4.42. The molecule has 1 aromatic rings. The Hall–Kier alpha value is -2.11. The van der Waals surface area contributed by atoms with Crippen LogP contribution in [0.2, 0.25) is 0 Å². The van der Waals surface area contributed by atoms with Gasteiger partial charge in [-0.1, -0.05) is 13.3 Å². The predicted molar refractivity (Wildman–Crippen MR) is 71.4 cm³/mol. The van der Waals surface area contributed by atoms with Gasteiger partial charge in [0, 0.05) is 19.3 Å². The summed E-state index contributed by atoms with van der Waals surface area (Å²) in [4.78, 5) is 29.1. The van der Waals surface area contributed by atoms with Crippen LogP contribution in [0.5, 0.6) is 5.75 Å². The topological polar surface area (TPSA) is 90.7 Å². The summed E-state index contributed by atoms with van der Waals surface area (Å²) in [6, 6.07) is 1.34. The Morgan fingerprint density at radius 3 is 2.80 bits per heavy atom. The summed E-state index contributed by atoms with van der Waals surface area (Å²) in [5.74, 6) is -1.20. The van der Waals surface area contributed by atoms with Gasteiger partial charge in [-0.15, -0.1) is 0 Å². The number of carbonyl (C=O) groups excluding carboxylic acids is 1. The first kappa shape index (κ1) is 14.3. The monoisotopic (exact) mass is 278 g/mol. The fraction of sp³-hybridized carbons (Fsp3) is 0.500. The second-order valence-electron chi connectivity index (χ2n) is 5.24. The molecule has 1 unspecified atom stereocenters. The van der Waals surface area contributed by atoms with Crippen molar-refractivity contribution in [3.63, 3.8) is 0 Å². The van der Waals surface area contributed by atoms with E-state index in [1.807, 2.05) is 6.92 Å². The molecule has 6 nitrogen and oxygen atoms in total. The molecule has 0 bridgehead atoms. The van der Waals surface area contributed by atoms with Crippen molar-refractivity contribution < 1.29 is 19.8 Å². The van der Waals surface area contributed by atoms with Gasteiger partial charge in [0.05, 0.1) is 17.2 Å². The Bertz CT molecular complexity index is 532. The minimum absolute atomic E-state index is 0.0758. The average molecular weight is 278 g/mol. The summed E-state index contributed by atoms with van der Waals surface area (Å²) < 4.78 is 0. The highest BCUT2D eigenvalue weighted by atomic mass is 16.4. The number of hydrogen-bond acceptors (Lipinski definition) is 4. The van der Waals surface area contributed by atoms with Gasteiger partial charge in [0.15, 0.2) is 0 Å². The fourth-order valence-corrected chi connectivity index (χ4v) is 2.74. The third kappa shape index (κ3) is 2.59. The largest absolute Gasteiger partial charge is 0.506 e. The summed E-state index contributed by atoms with van der Waals surface area (Å²) in [5.41, 5.74) is -0.558. The van der Waals surface area contributed by atoms with E-state index in [4.69, 9.17) is 0 Å². The number of aromatic hydroxyl groups is 1. The average Bonchev–Trinajstić information content (AvgIpc) is 2.84. The zero-order chi connectivity index (χ0) is 14.8. The molecule has 1 aliphatic heterocycles. The molecule has 1 aliphatic rings. The van der Waals surface area contributed by atoms with Crippen molar-refractivity contribution in [2.45, 2.75) is 26.2 Å². The molecule has 1 saturated heterocycles. The van der Waals surface area contributed by atoms with Crippen LogP contribution in [0.25, 0.3) is 0 Å². The number of aliphatic carboxylic acids is 1. The highest BCUT2D eigenvalue weighted by Gasteiger charge is 2.45. The van der Waals surface area contributed by atoms with Crippen LogP contribution >= 0.6 is 0 Å². The van der Waals surface area contributed by atoms with E-state index in [1.165, 1.54) is 23.4 Å². The van der Waals surface area contributed by atoms with E-state index in [2.05, 4.69) is 4.98 Å². The maximum absolute atomic E-state index is 12.3. The van der Waals surface area contributed by atoms with E-state index < -0.39 is 11.4 Å². The number of pyridine rings is 1. The van der Waals surface area contributed by atoms with E-state index in [9.17, 15) is 19.8 Å². The van der Waals surface area contributed by atoms with E-state index in [1.54, 1.807) is 0 Å². The molecule has 108 valence electrons. The van der Waals surface area contributed by atoms with E-state index in [0.717, 1.165) is 6.42 Å². The Balaban J connectivity index is 2.16. The van der Waals surface area contributed by atoms with Gasteiger partial charge >= 0.3 is 5.97 Å². The van der Waals surface area contributed by atoms with Crippen LogP contribution in [0.3, 0.4) is 0 Å². The van der Waals surface area contributed by atoms with Crippen molar-refractivity contribution in [1.29, 1.82) is 0 Å².